The Morgan fingerprint density at radius 3 is 2.89 bits per heavy atom. The van der Waals surface area contributed by atoms with Gasteiger partial charge in [-0.25, -0.2) is 0 Å². The number of aromatic nitrogens is 1. The lowest BCUT2D eigenvalue weighted by Gasteiger charge is -2.10. The van der Waals surface area contributed by atoms with Gasteiger partial charge in [-0.1, -0.05) is 18.3 Å². The molecule has 0 aliphatic heterocycles. The number of nitrogens with two attached hydrogens (primary N) is 1. The van der Waals surface area contributed by atoms with Crippen LogP contribution < -0.4 is 11.1 Å². The predicted octanol–water partition coefficient (Wildman–Crippen LogP) is 3.18. The molecule has 18 heavy (non-hydrogen) atoms. The Morgan fingerprint density at radius 1 is 1.33 bits per heavy atom. The Balaban J connectivity index is 2.31. The van der Waals surface area contributed by atoms with Gasteiger partial charge in [-0.05, 0) is 36.6 Å². The highest BCUT2D eigenvalue weighted by Crippen LogP contribution is 2.23. The van der Waals surface area contributed by atoms with Gasteiger partial charge in [0.25, 0.3) is 0 Å². The summed E-state index contributed by atoms with van der Waals surface area (Å²) in [5, 5.41) is 3.29. The summed E-state index contributed by atoms with van der Waals surface area (Å²) in [6, 6.07) is 11.9. The highest BCUT2D eigenvalue weighted by Gasteiger charge is 2.06. The van der Waals surface area contributed by atoms with E-state index in [1.165, 1.54) is 4.90 Å². The molecule has 0 spiro atoms. The second-order valence-electron chi connectivity index (χ2n) is 3.62. The average molecular weight is 275 g/mol. The molecule has 0 fully saturated rings. The molecule has 0 amide bonds. The van der Waals surface area contributed by atoms with Gasteiger partial charge in [-0.3, -0.25) is 4.98 Å². The Morgan fingerprint density at radius 2 is 2.17 bits per heavy atom. The standard InChI is InChI=1S/C13H13N3S2/c1-18-10-5-2-4-9(8-10)16-11-6-3-7-15-12(11)13(14)17/h2-8,16H,1H3,(H2,14,17). The van der Waals surface area contributed by atoms with Crippen LogP contribution in [0.4, 0.5) is 11.4 Å². The Kier molecular flexibility index (Phi) is 4.17. The van der Waals surface area contributed by atoms with E-state index in [-0.39, 0.29) is 0 Å². The molecule has 0 aliphatic carbocycles. The molecule has 0 aliphatic rings. The van der Waals surface area contributed by atoms with E-state index in [4.69, 9.17) is 18.0 Å². The summed E-state index contributed by atoms with van der Waals surface area (Å²) in [6.45, 7) is 0. The third-order valence-electron chi connectivity index (χ3n) is 2.39. The SMILES string of the molecule is CSc1cccc(Nc2cccnc2C(N)=S)c1. The van der Waals surface area contributed by atoms with Crippen molar-refractivity contribution in [2.75, 3.05) is 11.6 Å². The molecular weight excluding hydrogens is 262 g/mol. The van der Waals surface area contributed by atoms with E-state index >= 15 is 0 Å². The molecule has 3 N–H and O–H groups in total. The topological polar surface area (TPSA) is 50.9 Å². The lowest BCUT2D eigenvalue weighted by molar-refractivity contribution is 1.28. The summed E-state index contributed by atoms with van der Waals surface area (Å²) in [5.41, 5.74) is 8.08. The number of hydrogen-bond donors (Lipinski definition) is 2. The van der Waals surface area contributed by atoms with Crippen molar-refractivity contribution < 1.29 is 0 Å². The minimum absolute atomic E-state index is 0.291. The monoisotopic (exact) mass is 275 g/mol. The minimum atomic E-state index is 0.291. The van der Waals surface area contributed by atoms with Gasteiger partial charge in [0.15, 0.2) is 0 Å². The number of anilines is 2. The average Bonchev–Trinajstić information content (AvgIpc) is 2.39. The number of thiocarbonyl (C=S) groups is 1. The van der Waals surface area contributed by atoms with E-state index in [2.05, 4.69) is 22.4 Å². The number of nitrogens with zero attached hydrogens (tertiary/aromatic N) is 1. The molecule has 2 rings (SSSR count). The highest BCUT2D eigenvalue weighted by atomic mass is 32.2. The Labute approximate surface area is 116 Å². The summed E-state index contributed by atoms with van der Waals surface area (Å²) >= 11 is 6.68. The number of thioether (sulfide) groups is 1. The molecule has 1 aromatic carbocycles. The molecule has 0 saturated heterocycles. The van der Waals surface area contributed by atoms with Gasteiger partial charge >= 0.3 is 0 Å². The predicted molar refractivity (Wildman–Crippen MR) is 81.6 cm³/mol. The fourth-order valence-electron chi connectivity index (χ4n) is 1.56. The van der Waals surface area contributed by atoms with Crippen molar-refractivity contribution in [3.8, 4) is 0 Å². The van der Waals surface area contributed by atoms with E-state index in [0.717, 1.165) is 11.4 Å². The Bertz CT molecular complexity index is 570. The van der Waals surface area contributed by atoms with Crippen LogP contribution in [0.1, 0.15) is 5.69 Å². The number of pyridine rings is 1. The molecule has 0 radical (unpaired) electrons. The van der Waals surface area contributed by atoms with Crippen LogP contribution in [0.5, 0.6) is 0 Å². The zero-order chi connectivity index (χ0) is 13.0. The fraction of sp³-hybridized carbons (Fsp3) is 0.0769. The fourth-order valence-corrected chi connectivity index (χ4v) is 2.18. The maximum Gasteiger partial charge on any atom is 0.124 e. The molecule has 1 aromatic heterocycles. The van der Waals surface area contributed by atoms with Gasteiger partial charge in [0.2, 0.25) is 0 Å². The van der Waals surface area contributed by atoms with Crippen molar-refractivity contribution in [3.05, 3.63) is 48.3 Å². The van der Waals surface area contributed by atoms with E-state index in [1.54, 1.807) is 18.0 Å². The van der Waals surface area contributed by atoms with Gasteiger partial charge in [0, 0.05) is 16.8 Å². The zero-order valence-electron chi connectivity index (χ0n) is 9.88. The second kappa shape index (κ2) is 5.84. The van der Waals surface area contributed by atoms with Gasteiger partial charge in [0.1, 0.15) is 10.7 Å². The van der Waals surface area contributed by atoms with Crippen LogP contribution in [0.2, 0.25) is 0 Å². The van der Waals surface area contributed by atoms with Crippen LogP contribution in [-0.4, -0.2) is 16.2 Å². The molecule has 0 atom stereocenters. The van der Waals surface area contributed by atoms with Crippen LogP contribution in [0.15, 0.2) is 47.5 Å². The molecule has 0 saturated carbocycles. The van der Waals surface area contributed by atoms with Gasteiger partial charge in [0.05, 0.1) is 5.69 Å². The van der Waals surface area contributed by atoms with E-state index in [0.29, 0.717) is 10.7 Å². The molecule has 5 heteroatoms. The smallest absolute Gasteiger partial charge is 0.124 e. The van der Waals surface area contributed by atoms with E-state index in [9.17, 15) is 0 Å². The van der Waals surface area contributed by atoms with Gasteiger partial charge in [-0.2, -0.15) is 0 Å². The number of rotatable bonds is 4. The first kappa shape index (κ1) is 12.9. The molecule has 92 valence electrons. The van der Waals surface area contributed by atoms with Crippen LogP contribution >= 0.6 is 24.0 Å². The summed E-state index contributed by atoms with van der Waals surface area (Å²) in [6.07, 6.45) is 3.72. The third kappa shape index (κ3) is 3.00. The lowest BCUT2D eigenvalue weighted by Crippen LogP contribution is -2.13. The zero-order valence-corrected chi connectivity index (χ0v) is 11.5. The third-order valence-corrected chi connectivity index (χ3v) is 3.31. The lowest BCUT2D eigenvalue weighted by atomic mass is 10.2. The normalized spacial score (nSPS) is 10.1. The number of hydrogen-bond acceptors (Lipinski definition) is 4. The van der Waals surface area contributed by atoms with Crippen LogP contribution in [0.3, 0.4) is 0 Å². The first-order chi connectivity index (χ1) is 8.70. The molecule has 1 heterocycles. The van der Waals surface area contributed by atoms with Crippen molar-refractivity contribution in [2.24, 2.45) is 5.73 Å². The molecule has 0 unspecified atom stereocenters. The van der Waals surface area contributed by atoms with Crippen molar-refractivity contribution in [1.82, 2.24) is 4.98 Å². The van der Waals surface area contributed by atoms with Crippen molar-refractivity contribution in [3.63, 3.8) is 0 Å². The van der Waals surface area contributed by atoms with Crippen LogP contribution in [0.25, 0.3) is 0 Å². The molecule has 0 bridgehead atoms. The maximum atomic E-state index is 5.65. The summed E-state index contributed by atoms with van der Waals surface area (Å²) in [4.78, 5) is 5.67. The molecule has 3 nitrogen and oxygen atoms in total. The second-order valence-corrected chi connectivity index (χ2v) is 4.94. The first-order valence-corrected chi connectivity index (χ1v) is 7.00. The van der Waals surface area contributed by atoms with Gasteiger partial charge in [-0.15, -0.1) is 11.8 Å². The van der Waals surface area contributed by atoms with Crippen LogP contribution in [0, 0.1) is 0 Å². The van der Waals surface area contributed by atoms with Crippen LogP contribution in [-0.2, 0) is 0 Å². The Hall–Kier alpha value is -1.59. The van der Waals surface area contributed by atoms with Crippen molar-refractivity contribution in [2.45, 2.75) is 4.90 Å². The van der Waals surface area contributed by atoms with Crippen molar-refractivity contribution in [1.29, 1.82) is 0 Å². The largest absolute Gasteiger partial charge is 0.388 e. The summed E-state index contributed by atoms with van der Waals surface area (Å²) < 4.78 is 0. The summed E-state index contributed by atoms with van der Waals surface area (Å²) in [5.74, 6) is 0. The molecular formula is C13H13N3S2. The molecule has 2 aromatic rings. The minimum Gasteiger partial charge on any atom is -0.388 e. The van der Waals surface area contributed by atoms with Gasteiger partial charge < -0.3 is 11.1 Å². The van der Waals surface area contributed by atoms with E-state index in [1.807, 2.05) is 30.5 Å². The first-order valence-electron chi connectivity index (χ1n) is 5.36. The van der Waals surface area contributed by atoms with Crippen molar-refractivity contribution >= 4 is 40.3 Å². The summed E-state index contributed by atoms with van der Waals surface area (Å²) in [7, 11) is 0. The number of nitrogens with one attached hydrogen (secondary N) is 1. The highest BCUT2D eigenvalue weighted by molar-refractivity contribution is 7.98. The maximum absolute atomic E-state index is 5.65. The quantitative estimate of drug-likeness (QED) is 0.663. The number of benzene rings is 1. The van der Waals surface area contributed by atoms with E-state index < -0.39 is 0 Å².